The maximum Gasteiger partial charge on any atom is 0.238 e. The Labute approximate surface area is 173 Å². The number of hydrogen-bond acceptors (Lipinski definition) is 4. The SMILES string of the molecule is CCN(CC(=O)Nc1cccc(OC)c1)CC(=O)NC12CC3CC(CC(C3)C1)C2. The van der Waals surface area contributed by atoms with Gasteiger partial charge in [-0.1, -0.05) is 13.0 Å². The molecule has 2 N–H and O–H groups in total. The van der Waals surface area contributed by atoms with Crippen LogP contribution in [0.2, 0.25) is 0 Å². The number of nitrogens with zero attached hydrogens (tertiary/aromatic N) is 1. The van der Waals surface area contributed by atoms with Gasteiger partial charge < -0.3 is 15.4 Å². The summed E-state index contributed by atoms with van der Waals surface area (Å²) >= 11 is 0. The van der Waals surface area contributed by atoms with Crippen LogP contribution in [0.3, 0.4) is 0 Å². The molecular weight excluding hydrogens is 366 g/mol. The predicted molar refractivity (Wildman–Crippen MR) is 113 cm³/mol. The highest BCUT2D eigenvalue weighted by molar-refractivity contribution is 5.92. The van der Waals surface area contributed by atoms with Gasteiger partial charge in [-0.3, -0.25) is 14.5 Å². The van der Waals surface area contributed by atoms with Crippen molar-refractivity contribution in [2.45, 2.75) is 51.0 Å². The average Bonchev–Trinajstić information content (AvgIpc) is 2.66. The van der Waals surface area contributed by atoms with Crippen molar-refractivity contribution in [1.82, 2.24) is 10.2 Å². The number of likely N-dealkylation sites (N-methyl/N-ethyl adjacent to an activating group) is 1. The summed E-state index contributed by atoms with van der Waals surface area (Å²) in [6.45, 7) is 3.10. The third kappa shape index (κ3) is 4.74. The average molecular weight is 400 g/mol. The fourth-order valence-corrected chi connectivity index (χ4v) is 6.19. The van der Waals surface area contributed by atoms with Gasteiger partial charge >= 0.3 is 0 Å². The number of carbonyl (C=O) groups is 2. The van der Waals surface area contributed by atoms with Crippen LogP contribution in [0, 0.1) is 17.8 Å². The van der Waals surface area contributed by atoms with E-state index in [1.165, 1.54) is 19.3 Å². The summed E-state index contributed by atoms with van der Waals surface area (Å²) in [5.74, 6) is 3.04. The number of hydrogen-bond donors (Lipinski definition) is 2. The van der Waals surface area contributed by atoms with Crippen molar-refractivity contribution < 1.29 is 14.3 Å². The van der Waals surface area contributed by atoms with Gasteiger partial charge in [-0.05, 0) is 75.0 Å². The molecule has 6 heteroatoms. The lowest BCUT2D eigenvalue weighted by atomic mass is 9.53. The standard InChI is InChI=1S/C23H33N3O3/c1-3-26(14-21(27)24-19-5-4-6-20(10-19)29-2)15-22(28)25-23-11-16-7-17(12-23)9-18(8-16)13-23/h4-6,10,16-18H,3,7-9,11-15H2,1-2H3,(H,24,27)(H,25,28). The summed E-state index contributed by atoms with van der Waals surface area (Å²) in [4.78, 5) is 27.2. The van der Waals surface area contributed by atoms with E-state index in [9.17, 15) is 9.59 Å². The van der Waals surface area contributed by atoms with Gasteiger partial charge in [-0.15, -0.1) is 0 Å². The predicted octanol–water partition coefficient (Wildman–Crippen LogP) is 3.04. The minimum Gasteiger partial charge on any atom is -0.497 e. The Morgan fingerprint density at radius 2 is 1.69 bits per heavy atom. The molecule has 0 saturated heterocycles. The first kappa shape index (κ1) is 20.2. The van der Waals surface area contributed by atoms with Gasteiger partial charge in [-0.2, -0.15) is 0 Å². The van der Waals surface area contributed by atoms with Crippen molar-refractivity contribution in [3.8, 4) is 5.75 Å². The van der Waals surface area contributed by atoms with Crippen LogP contribution in [0.1, 0.15) is 45.4 Å². The Morgan fingerprint density at radius 1 is 1.07 bits per heavy atom. The Balaban J connectivity index is 1.29. The second-order valence-electron chi connectivity index (χ2n) is 9.33. The molecule has 0 atom stereocenters. The molecule has 4 aliphatic carbocycles. The molecular formula is C23H33N3O3. The minimum atomic E-state index is -0.122. The molecule has 0 radical (unpaired) electrons. The number of methoxy groups -OCH3 is 1. The summed E-state index contributed by atoms with van der Waals surface area (Å²) in [6.07, 6.45) is 7.52. The summed E-state index contributed by atoms with van der Waals surface area (Å²) in [7, 11) is 1.60. The van der Waals surface area contributed by atoms with Crippen LogP contribution >= 0.6 is 0 Å². The lowest BCUT2D eigenvalue weighted by Gasteiger charge is -2.57. The van der Waals surface area contributed by atoms with Gasteiger partial charge in [0, 0.05) is 17.3 Å². The van der Waals surface area contributed by atoms with E-state index in [4.69, 9.17) is 4.74 Å². The molecule has 0 aliphatic heterocycles. The number of rotatable bonds is 8. The van der Waals surface area contributed by atoms with Gasteiger partial charge in [0.1, 0.15) is 5.75 Å². The van der Waals surface area contributed by atoms with E-state index in [0.29, 0.717) is 18.0 Å². The highest BCUT2D eigenvalue weighted by Crippen LogP contribution is 2.55. The van der Waals surface area contributed by atoms with E-state index in [1.807, 2.05) is 30.0 Å². The van der Waals surface area contributed by atoms with E-state index >= 15 is 0 Å². The third-order valence-corrected chi connectivity index (χ3v) is 6.98. The van der Waals surface area contributed by atoms with Crippen LogP contribution in [0.5, 0.6) is 5.75 Å². The Bertz CT molecular complexity index is 728. The van der Waals surface area contributed by atoms with E-state index in [-0.39, 0.29) is 30.4 Å². The summed E-state index contributed by atoms with van der Waals surface area (Å²) in [5, 5.41) is 6.29. The Morgan fingerprint density at radius 3 is 2.28 bits per heavy atom. The quantitative estimate of drug-likeness (QED) is 0.705. The Kier molecular flexibility index (Phi) is 5.81. The number of carbonyl (C=O) groups excluding carboxylic acids is 2. The Hall–Kier alpha value is -2.08. The molecule has 5 rings (SSSR count). The first-order chi connectivity index (χ1) is 14.0. The number of benzene rings is 1. The zero-order valence-electron chi connectivity index (χ0n) is 17.6. The van der Waals surface area contributed by atoms with Gasteiger partial charge in [0.25, 0.3) is 0 Å². The molecule has 0 spiro atoms. The maximum absolute atomic E-state index is 12.8. The molecule has 0 heterocycles. The second-order valence-corrected chi connectivity index (χ2v) is 9.33. The lowest BCUT2D eigenvalue weighted by Crippen LogP contribution is -2.61. The maximum atomic E-state index is 12.8. The zero-order valence-corrected chi connectivity index (χ0v) is 17.6. The summed E-state index contributed by atoms with van der Waals surface area (Å²) in [5.41, 5.74) is 0.720. The van der Waals surface area contributed by atoms with Gasteiger partial charge in [0.15, 0.2) is 0 Å². The third-order valence-electron chi connectivity index (χ3n) is 6.98. The summed E-state index contributed by atoms with van der Waals surface area (Å²) < 4.78 is 5.19. The summed E-state index contributed by atoms with van der Waals surface area (Å²) in [6, 6.07) is 7.29. The van der Waals surface area contributed by atoms with Crippen molar-refractivity contribution >= 4 is 17.5 Å². The van der Waals surface area contributed by atoms with Gasteiger partial charge in [0.05, 0.1) is 20.2 Å². The first-order valence-corrected chi connectivity index (χ1v) is 10.9. The molecule has 1 aromatic rings. The smallest absolute Gasteiger partial charge is 0.238 e. The van der Waals surface area contributed by atoms with Crippen LogP contribution < -0.4 is 15.4 Å². The minimum absolute atomic E-state index is 0.0219. The van der Waals surface area contributed by atoms with Crippen molar-refractivity contribution in [3.63, 3.8) is 0 Å². The second kappa shape index (κ2) is 8.34. The highest BCUT2D eigenvalue weighted by atomic mass is 16.5. The highest BCUT2D eigenvalue weighted by Gasteiger charge is 2.51. The molecule has 6 nitrogen and oxygen atoms in total. The van der Waals surface area contributed by atoms with Crippen LogP contribution in [0.15, 0.2) is 24.3 Å². The molecule has 158 valence electrons. The fraction of sp³-hybridized carbons (Fsp3) is 0.652. The number of amides is 2. The van der Waals surface area contributed by atoms with Crippen molar-refractivity contribution in [1.29, 1.82) is 0 Å². The van der Waals surface area contributed by atoms with Crippen molar-refractivity contribution in [3.05, 3.63) is 24.3 Å². The number of nitrogens with one attached hydrogen (secondary N) is 2. The molecule has 0 aromatic heterocycles. The molecule has 29 heavy (non-hydrogen) atoms. The van der Waals surface area contributed by atoms with E-state index in [0.717, 1.165) is 37.0 Å². The largest absolute Gasteiger partial charge is 0.497 e. The molecule has 4 saturated carbocycles. The van der Waals surface area contributed by atoms with Crippen molar-refractivity contribution in [2.75, 3.05) is 32.1 Å². The van der Waals surface area contributed by atoms with Crippen LogP contribution in [0.25, 0.3) is 0 Å². The molecule has 1 aromatic carbocycles. The normalized spacial score (nSPS) is 29.7. The van der Waals surface area contributed by atoms with Crippen LogP contribution in [0.4, 0.5) is 5.69 Å². The fourth-order valence-electron chi connectivity index (χ4n) is 6.19. The zero-order chi connectivity index (χ0) is 20.4. The molecule has 2 amide bonds. The number of anilines is 1. The molecule has 0 unspecified atom stereocenters. The lowest BCUT2D eigenvalue weighted by molar-refractivity contribution is -0.128. The van der Waals surface area contributed by atoms with Gasteiger partial charge in [0.2, 0.25) is 11.8 Å². The molecule has 4 aliphatic rings. The van der Waals surface area contributed by atoms with Crippen LogP contribution in [-0.2, 0) is 9.59 Å². The van der Waals surface area contributed by atoms with Gasteiger partial charge in [-0.25, -0.2) is 0 Å². The van der Waals surface area contributed by atoms with E-state index in [1.54, 1.807) is 13.2 Å². The monoisotopic (exact) mass is 399 g/mol. The van der Waals surface area contributed by atoms with Crippen LogP contribution in [-0.4, -0.2) is 49.0 Å². The van der Waals surface area contributed by atoms with Crippen molar-refractivity contribution in [2.24, 2.45) is 17.8 Å². The molecule has 4 bridgehead atoms. The number of ether oxygens (including phenoxy) is 1. The van der Waals surface area contributed by atoms with E-state index < -0.39 is 0 Å². The van der Waals surface area contributed by atoms with E-state index in [2.05, 4.69) is 10.6 Å². The topological polar surface area (TPSA) is 70.7 Å². The molecule has 4 fully saturated rings. The first-order valence-electron chi connectivity index (χ1n) is 10.9.